The van der Waals surface area contributed by atoms with Crippen LogP contribution in [0, 0.1) is 5.82 Å². The van der Waals surface area contributed by atoms with Gasteiger partial charge in [0.15, 0.2) is 0 Å². The van der Waals surface area contributed by atoms with E-state index in [9.17, 15) is 14.0 Å². The Morgan fingerprint density at radius 2 is 1.38 bits per heavy atom. The summed E-state index contributed by atoms with van der Waals surface area (Å²) in [6.07, 6.45) is 0.335. The maximum Gasteiger partial charge on any atom is 0.253 e. The largest absolute Gasteiger partial charge is 0.337 e. The lowest BCUT2D eigenvalue weighted by atomic mass is 10.1. The van der Waals surface area contributed by atoms with Crippen LogP contribution in [-0.2, 0) is 17.8 Å². The summed E-state index contributed by atoms with van der Waals surface area (Å²) in [5.74, 6) is -0.168. The summed E-state index contributed by atoms with van der Waals surface area (Å²) in [6, 6.07) is 25.4. The third-order valence-corrected chi connectivity index (χ3v) is 6.20. The van der Waals surface area contributed by atoms with Gasteiger partial charge in [-0.15, -0.1) is 0 Å². The minimum Gasteiger partial charge on any atom is -0.337 e. The minimum atomic E-state index is -0.283. The first-order chi connectivity index (χ1) is 16.6. The molecular formula is C28H30FN3O2. The summed E-state index contributed by atoms with van der Waals surface area (Å²) in [5.41, 5.74) is 2.60. The molecule has 0 saturated carbocycles. The van der Waals surface area contributed by atoms with E-state index in [0.717, 1.165) is 30.8 Å². The first kappa shape index (κ1) is 23.6. The second-order valence-corrected chi connectivity index (χ2v) is 8.60. The quantitative estimate of drug-likeness (QED) is 0.514. The first-order valence-corrected chi connectivity index (χ1v) is 11.7. The van der Waals surface area contributed by atoms with Gasteiger partial charge in [-0.2, -0.15) is 0 Å². The molecule has 3 aromatic rings. The van der Waals surface area contributed by atoms with Crippen molar-refractivity contribution < 1.29 is 14.0 Å². The molecule has 0 N–H and O–H groups in total. The number of amides is 2. The van der Waals surface area contributed by atoms with Gasteiger partial charge in [-0.3, -0.25) is 14.5 Å². The highest BCUT2D eigenvalue weighted by molar-refractivity contribution is 5.94. The molecule has 5 nitrogen and oxygen atoms in total. The predicted octanol–water partition coefficient (Wildman–Crippen LogP) is 3.86. The molecule has 0 radical (unpaired) electrons. The summed E-state index contributed by atoms with van der Waals surface area (Å²) in [6.45, 7) is 4.64. The predicted molar refractivity (Wildman–Crippen MR) is 131 cm³/mol. The van der Waals surface area contributed by atoms with E-state index in [4.69, 9.17) is 0 Å². The van der Waals surface area contributed by atoms with Crippen LogP contribution in [-0.4, -0.2) is 65.8 Å². The summed E-state index contributed by atoms with van der Waals surface area (Å²) >= 11 is 0. The van der Waals surface area contributed by atoms with E-state index < -0.39 is 0 Å². The van der Waals surface area contributed by atoms with Crippen molar-refractivity contribution in [2.75, 3.05) is 39.3 Å². The Morgan fingerprint density at radius 3 is 2.03 bits per heavy atom. The molecule has 6 heteroatoms. The van der Waals surface area contributed by atoms with Crippen LogP contribution < -0.4 is 0 Å². The topological polar surface area (TPSA) is 43.9 Å². The molecule has 34 heavy (non-hydrogen) atoms. The van der Waals surface area contributed by atoms with Crippen LogP contribution in [0.5, 0.6) is 0 Å². The molecule has 0 atom stereocenters. The molecule has 1 aliphatic heterocycles. The highest BCUT2D eigenvalue weighted by Crippen LogP contribution is 2.12. The fraction of sp³-hybridized carbons (Fsp3) is 0.286. The van der Waals surface area contributed by atoms with Gasteiger partial charge in [-0.05, 0) is 35.4 Å². The summed E-state index contributed by atoms with van der Waals surface area (Å²) in [5, 5.41) is 0. The smallest absolute Gasteiger partial charge is 0.253 e. The second-order valence-electron chi connectivity index (χ2n) is 8.60. The van der Waals surface area contributed by atoms with E-state index in [0.29, 0.717) is 38.2 Å². The number of carbonyl (C=O) groups excluding carboxylic acids is 2. The maximum atomic E-state index is 13.3. The van der Waals surface area contributed by atoms with E-state index in [1.165, 1.54) is 12.1 Å². The molecule has 176 valence electrons. The van der Waals surface area contributed by atoms with Gasteiger partial charge in [0.05, 0.1) is 6.42 Å². The van der Waals surface area contributed by atoms with Crippen molar-refractivity contribution in [3.8, 4) is 0 Å². The molecule has 3 aromatic carbocycles. The molecule has 2 amide bonds. The zero-order valence-corrected chi connectivity index (χ0v) is 19.3. The van der Waals surface area contributed by atoms with Gasteiger partial charge in [-0.1, -0.05) is 60.7 Å². The van der Waals surface area contributed by atoms with E-state index in [2.05, 4.69) is 4.90 Å². The lowest BCUT2D eigenvalue weighted by molar-refractivity contribution is -0.131. The zero-order chi connectivity index (χ0) is 23.8. The van der Waals surface area contributed by atoms with E-state index in [-0.39, 0.29) is 17.6 Å². The molecular weight excluding hydrogens is 429 g/mol. The van der Waals surface area contributed by atoms with Crippen molar-refractivity contribution in [3.63, 3.8) is 0 Å². The second kappa shape index (κ2) is 11.6. The number of hydrogen-bond acceptors (Lipinski definition) is 3. The molecule has 0 aliphatic carbocycles. The average Bonchev–Trinajstić information content (AvgIpc) is 2.88. The fourth-order valence-corrected chi connectivity index (χ4v) is 4.18. The van der Waals surface area contributed by atoms with Crippen LogP contribution >= 0.6 is 0 Å². The van der Waals surface area contributed by atoms with Crippen LogP contribution in [0.15, 0.2) is 84.9 Å². The van der Waals surface area contributed by atoms with E-state index in [1.807, 2.05) is 70.5 Å². The van der Waals surface area contributed by atoms with Gasteiger partial charge in [0.2, 0.25) is 5.91 Å². The third kappa shape index (κ3) is 6.51. The van der Waals surface area contributed by atoms with Crippen molar-refractivity contribution in [2.45, 2.75) is 13.0 Å². The number of hydrogen-bond donors (Lipinski definition) is 0. The Bertz CT molecular complexity index is 1070. The Hall–Kier alpha value is -3.51. The van der Waals surface area contributed by atoms with Gasteiger partial charge in [-0.25, -0.2) is 4.39 Å². The molecule has 1 aliphatic rings. The Kier molecular flexibility index (Phi) is 8.04. The fourth-order valence-electron chi connectivity index (χ4n) is 4.18. The standard InChI is InChI=1S/C28H30FN3O2/c29-26-13-11-24(12-14-26)22-32(27(33)21-23-7-3-1-4-8-23)20-17-30-15-18-31(19-16-30)28(34)25-9-5-2-6-10-25/h1-14H,15-22H2. The van der Waals surface area contributed by atoms with Crippen molar-refractivity contribution in [3.05, 3.63) is 107 Å². The number of halogens is 1. The van der Waals surface area contributed by atoms with Gasteiger partial charge >= 0.3 is 0 Å². The molecule has 4 rings (SSSR count). The minimum absolute atomic E-state index is 0.0495. The molecule has 0 unspecified atom stereocenters. The number of rotatable bonds is 8. The Morgan fingerprint density at radius 1 is 0.765 bits per heavy atom. The number of benzene rings is 3. The van der Waals surface area contributed by atoms with Crippen LogP contribution in [0.4, 0.5) is 4.39 Å². The summed E-state index contributed by atoms with van der Waals surface area (Å²) in [4.78, 5) is 31.9. The van der Waals surface area contributed by atoms with Crippen molar-refractivity contribution in [1.29, 1.82) is 0 Å². The van der Waals surface area contributed by atoms with E-state index in [1.54, 1.807) is 12.1 Å². The molecule has 1 saturated heterocycles. The highest BCUT2D eigenvalue weighted by Gasteiger charge is 2.23. The van der Waals surface area contributed by atoms with Gasteiger partial charge in [0.1, 0.15) is 5.82 Å². The lowest BCUT2D eigenvalue weighted by Gasteiger charge is -2.36. The van der Waals surface area contributed by atoms with Gasteiger partial charge in [0.25, 0.3) is 5.91 Å². The molecule has 1 fully saturated rings. The van der Waals surface area contributed by atoms with Crippen LogP contribution in [0.25, 0.3) is 0 Å². The van der Waals surface area contributed by atoms with Crippen LogP contribution in [0.1, 0.15) is 21.5 Å². The summed E-state index contributed by atoms with van der Waals surface area (Å²) in [7, 11) is 0. The highest BCUT2D eigenvalue weighted by atomic mass is 19.1. The first-order valence-electron chi connectivity index (χ1n) is 11.7. The van der Waals surface area contributed by atoms with Gasteiger partial charge in [0, 0.05) is 51.4 Å². The maximum absolute atomic E-state index is 13.3. The summed E-state index contributed by atoms with van der Waals surface area (Å²) < 4.78 is 13.3. The number of carbonyl (C=O) groups is 2. The molecule has 1 heterocycles. The average molecular weight is 460 g/mol. The number of piperazine rings is 1. The van der Waals surface area contributed by atoms with Crippen molar-refractivity contribution >= 4 is 11.8 Å². The monoisotopic (exact) mass is 459 g/mol. The molecule has 0 spiro atoms. The zero-order valence-electron chi connectivity index (χ0n) is 19.3. The van der Waals surface area contributed by atoms with Crippen molar-refractivity contribution in [2.24, 2.45) is 0 Å². The molecule has 0 aromatic heterocycles. The van der Waals surface area contributed by atoms with Crippen molar-refractivity contribution in [1.82, 2.24) is 14.7 Å². The third-order valence-electron chi connectivity index (χ3n) is 6.20. The molecule has 0 bridgehead atoms. The Balaban J connectivity index is 1.34. The normalized spacial score (nSPS) is 14.1. The SMILES string of the molecule is O=C(Cc1ccccc1)N(CCN1CCN(C(=O)c2ccccc2)CC1)Cc1ccc(F)cc1. The van der Waals surface area contributed by atoms with Crippen LogP contribution in [0.3, 0.4) is 0 Å². The van der Waals surface area contributed by atoms with E-state index >= 15 is 0 Å². The number of nitrogens with zero attached hydrogens (tertiary/aromatic N) is 3. The Labute approximate surface area is 200 Å². The lowest BCUT2D eigenvalue weighted by Crippen LogP contribution is -2.50. The van der Waals surface area contributed by atoms with Gasteiger partial charge < -0.3 is 9.80 Å². The van der Waals surface area contributed by atoms with Crippen LogP contribution in [0.2, 0.25) is 0 Å².